The Labute approximate surface area is 118 Å². The lowest BCUT2D eigenvalue weighted by Crippen LogP contribution is -1.96. The van der Waals surface area contributed by atoms with Crippen LogP contribution in [0.2, 0.25) is 0 Å². The van der Waals surface area contributed by atoms with Gasteiger partial charge in [-0.3, -0.25) is 20.0 Å². The van der Waals surface area contributed by atoms with E-state index in [1.807, 2.05) is 0 Å². The van der Waals surface area contributed by atoms with Crippen LogP contribution < -0.4 is 5.56 Å². The van der Waals surface area contributed by atoms with Gasteiger partial charge in [0.15, 0.2) is 5.69 Å². The molecule has 0 bridgehead atoms. The maximum atomic E-state index is 13.1. The molecule has 3 aromatic rings. The fourth-order valence-electron chi connectivity index (χ4n) is 1.79. The van der Waals surface area contributed by atoms with Crippen LogP contribution in [0.15, 0.2) is 63.7 Å². The molecule has 0 spiro atoms. The first-order valence-electron chi connectivity index (χ1n) is 6.13. The van der Waals surface area contributed by atoms with Crippen LogP contribution in [0.1, 0.15) is 0 Å². The Morgan fingerprint density at radius 3 is 2.71 bits per heavy atom. The number of hydrogen-bond acceptors (Lipinski definition) is 4. The molecule has 2 N–H and O–H groups in total. The number of benzene rings is 1. The average molecular weight is 283 g/mol. The summed E-state index contributed by atoms with van der Waals surface area (Å²) in [6, 6.07) is 10.9. The van der Waals surface area contributed by atoms with Gasteiger partial charge in [0.05, 0.1) is 11.4 Å². The largest absolute Gasteiger partial charge is 0.294 e. The fourth-order valence-corrected chi connectivity index (χ4v) is 1.79. The molecule has 0 saturated heterocycles. The molecule has 0 aliphatic heterocycles. The van der Waals surface area contributed by atoms with E-state index >= 15 is 0 Å². The number of H-pyrrole nitrogens is 2. The third-order valence-electron chi connectivity index (χ3n) is 2.75. The first kappa shape index (κ1) is 12.9. The molecule has 0 aliphatic carbocycles. The lowest BCUT2D eigenvalue weighted by Gasteiger charge is -1.96. The number of pyridine rings is 1. The molecule has 6 nitrogen and oxygen atoms in total. The zero-order chi connectivity index (χ0) is 14.7. The average Bonchev–Trinajstić information content (AvgIpc) is 2.87. The molecule has 3 rings (SSSR count). The summed E-state index contributed by atoms with van der Waals surface area (Å²) in [4.78, 5) is 15.9. The Hall–Kier alpha value is -3.09. The van der Waals surface area contributed by atoms with Gasteiger partial charge in [0, 0.05) is 12.3 Å². The second-order valence-electron chi connectivity index (χ2n) is 4.20. The summed E-state index contributed by atoms with van der Waals surface area (Å²) >= 11 is 0. The fraction of sp³-hybridized carbons (Fsp3) is 0. The molecule has 1 aromatic carbocycles. The summed E-state index contributed by atoms with van der Waals surface area (Å²) in [7, 11) is 0. The minimum Gasteiger partial charge on any atom is -0.294 e. The van der Waals surface area contributed by atoms with Crippen LogP contribution in [0.4, 0.5) is 15.8 Å². The van der Waals surface area contributed by atoms with Gasteiger partial charge in [-0.25, -0.2) is 4.39 Å². The van der Waals surface area contributed by atoms with Crippen LogP contribution >= 0.6 is 0 Å². The number of nitrogens with one attached hydrogen (secondary N) is 2. The van der Waals surface area contributed by atoms with Crippen molar-refractivity contribution in [2.24, 2.45) is 10.2 Å². The maximum Gasteiger partial charge on any atom is 0.292 e. The van der Waals surface area contributed by atoms with Gasteiger partial charge >= 0.3 is 0 Å². The number of halogens is 1. The smallest absolute Gasteiger partial charge is 0.292 e. The highest BCUT2D eigenvalue weighted by Crippen LogP contribution is 2.24. The Bertz CT molecular complexity index is 838. The van der Waals surface area contributed by atoms with Gasteiger partial charge < -0.3 is 0 Å². The van der Waals surface area contributed by atoms with Crippen molar-refractivity contribution in [3.05, 3.63) is 64.8 Å². The summed E-state index contributed by atoms with van der Waals surface area (Å²) in [6.45, 7) is 0. The molecular formula is C14H10FN5O. The monoisotopic (exact) mass is 283 g/mol. The summed E-state index contributed by atoms with van der Waals surface area (Å²) in [6.07, 6.45) is 1.61. The highest BCUT2D eigenvalue weighted by Gasteiger charge is 2.12. The zero-order valence-electron chi connectivity index (χ0n) is 10.7. The molecule has 21 heavy (non-hydrogen) atoms. The van der Waals surface area contributed by atoms with Gasteiger partial charge in [-0.2, -0.15) is 5.11 Å². The van der Waals surface area contributed by atoms with Crippen LogP contribution in [-0.2, 0) is 0 Å². The Morgan fingerprint density at radius 2 is 1.95 bits per heavy atom. The normalized spacial score (nSPS) is 11.1. The Morgan fingerprint density at radius 1 is 1.05 bits per heavy atom. The molecule has 104 valence electrons. The summed E-state index contributed by atoms with van der Waals surface area (Å²) in [5, 5.41) is 12.9. The third kappa shape index (κ3) is 2.76. The molecule has 0 fully saturated rings. The van der Waals surface area contributed by atoms with E-state index in [9.17, 15) is 9.18 Å². The molecule has 0 radical (unpaired) electrons. The second kappa shape index (κ2) is 5.49. The van der Waals surface area contributed by atoms with Gasteiger partial charge in [-0.05, 0) is 24.3 Å². The summed E-state index contributed by atoms with van der Waals surface area (Å²) in [5.41, 5.74) is 0.987. The number of aromatic amines is 2. The van der Waals surface area contributed by atoms with Crippen molar-refractivity contribution in [2.75, 3.05) is 0 Å². The van der Waals surface area contributed by atoms with Crippen LogP contribution in [0.5, 0.6) is 0 Å². The van der Waals surface area contributed by atoms with Gasteiger partial charge in [0.1, 0.15) is 11.5 Å². The zero-order valence-corrected chi connectivity index (χ0v) is 10.7. The van der Waals surface area contributed by atoms with E-state index in [4.69, 9.17) is 0 Å². The maximum absolute atomic E-state index is 13.1. The minimum atomic E-state index is -0.421. The number of aromatic nitrogens is 3. The second-order valence-corrected chi connectivity index (χ2v) is 4.20. The van der Waals surface area contributed by atoms with Crippen molar-refractivity contribution in [3.63, 3.8) is 0 Å². The molecule has 0 amide bonds. The van der Waals surface area contributed by atoms with E-state index in [0.717, 1.165) is 0 Å². The van der Waals surface area contributed by atoms with Gasteiger partial charge in [-0.15, -0.1) is 5.11 Å². The predicted octanol–water partition coefficient (Wildman–Crippen LogP) is 3.32. The van der Waals surface area contributed by atoms with Crippen molar-refractivity contribution in [1.29, 1.82) is 0 Å². The molecule has 7 heteroatoms. The topological polar surface area (TPSA) is 86.3 Å². The van der Waals surface area contributed by atoms with Crippen molar-refractivity contribution in [1.82, 2.24) is 15.2 Å². The number of nitrogens with zero attached hydrogens (tertiary/aromatic N) is 3. The summed E-state index contributed by atoms with van der Waals surface area (Å²) in [5.74, 6) is -0.417. The quantitative estimate of drug-likeness (QED) is 0.722. The van der Waals surface area contributed by atoms with Crippen LogP contribution in [0.3, 0.4) is 0 Å². The van der Waals surface area contributed by atoms with Gasteiger partial charge in [0.25, 0.3) is 5.56 Å². The van der Waals surface area contributed by atoms with E-state index in [1.165, 1.54) is 18.2 Å². The first-order chi connectivity index (χ1) is 10.2. The van der Waals surface area contributed by atoms with Crippen LogP contribution in [0, 0.1) is 5.82 Å². The molecule has 2 aromatic heterocycles. The van der Waals surface area contributed by atoms with E-state index in [-0.39, 0.29) is 5.69 Å². The van der Waals surface area contributed by atoms with E-state index in [1.54, 1.807) is 30.5 Å². The van der Waals surface area contributed by atoms with Gasteiger partial charge in [0.2, 0.25) is 0 Å². The molecule has 0 unspecified atom stereocenters. The number of rotatable bonds is 3. The first-order valence-corrected chi connectivity index (χ1v) is 6.13. The number of azo groups is 1. The minimum absolute atomic E-state index is 0.0953. The van der Waals surface area contributed by atoms with Crippen molar-refractivity contribution in [3.8, 4) is 11.4 Å². The SMILES string of the molecule is O=c1[nH][nH]c(-c2ccccn2)c1N=Nc1cccc(F)c1. The van der Waals surface area contributed by atoms with Crippen molar-refractivity contribution >= 4 is 11.4 Å². The standard InChI is InChI=1S/C14H10FN5O/c15-9-4-3-5-10(8-9)17-19-13-12(18-20-14(13)21)11-6-1-2-7-16-11/h1-8H,(H2,18,20,21). The van der Waals surface area contributed by atoms with Crippen molar-refractivity contribution in [2.45, 2.75) is 0 Å². The third-order valence-corrected chi connectivity index (χ3v) is 2.75. The Kier molecular flexibility index (Phi) is 3.38. The lowest BCUT2D eigenvalue weighted by molar-refractivity contribution is 0.628. The van der Waals surface area contributed by atoms with Crippen molar-refractivity contribution < 1.29 is 4.39 Å². The highest BCUT2D eigenvalue weighted by molar-refractivity contribution is 5.67. The predicted molar refractivity (Wildman–Crippen MR) is 75.2 cm³/mol. The van der Waals surface area contributed by atoms with E-state index in [0.29, 0.717) is 17.1 Å². The number of hydrogen-bond donors (Lipinski definition) is 2. The molecule has 0 atom stereocenters. The molecular weight excluding hydrogens is 273 g/mol. The molecule has 0 saturated carbocycles. The van der Waals surface area contributed by atoms with Crippen LogP contribution in [0.25, 0.3) is 11.4 Å². The molecule has 2 heterocycles. The van der Waals surface area contributed by atoms with E-state index in [2.05, 4.69) is 25.4 Å². The lowest BCUT2D eigenvalue weighted by atomic mass is 10.2. The highest BCUT2D eigenvalue weighted by atomic mass is 19.1. The summed E-state index contributed by atoms with van der Waals surface area (Å²) < 4.78 is 13.1. The van der Waals surface area contributed by atoms with E-state index < -0.39 is 11.4 Å². The van der Waals surface area contributed by atoms with Gasteiger partial charge in [-0.1, -0.05) is 12.1 Å². The van der Waals surface area contributed by atoms with Crippen LogP contribution in [-0.4, -0.2) is 15.2 Å². The Balaban J connectivity index is 2.00. The molecule has 0 aliphatic rings.